The van der Waals surface area contributed by atoms with E-state index >= 15 is 0 Å². The largest absolute Gasteiger partial charge is 0 e. The van der Waals surface area contributed by atoms with E-state index in [4.69, 9.17) is 0 Å². The molecule has 0 rings (SSSR count). The highest BCUT2D eigenvalue weighted by atomic mass is 128. The minimum Gasteiger partial charge on any atom is 0 e. The van der Waals surface area contributed by atoms with Gasteiger partial charge in [0.25, 0.3) is 0 Å². The van der Waals surface area contributed by atoms with Gasteiger partial charge >= 0.3 is 0 Å². The van der Waals surface area contributed by atoms with Gasteiger partial charge in [0, 0.05) is 104 Å². The molecule has 0 atom stereocenters. The molecule has 0 aliphatic carbocycles. The molecule has 6 heavy (non-hydrogen) atoms. The van der Waals surface area contributed by atoms with Crippen molar-refractivity contribution in [2.75, 3.05) is 0 Å². The van der Waals surface area contributed by atoms with Crippen LogP contribution in [0, 0.1) is 0 Å². The number of hydrogen-bond acceptors (Lipinski definition) is 0. The van der Waals surface area contributed by atoms with Crippen LogP contribution in [0.4, 0.5) is 0 Å². The molecule has 0 bridgehead atoms. The normalized spacial score (nSPS) is 3.00. The molecule has 0 radical (unpaired) electrons. The summed E-state index contributed by atoms with van der Waals surface area (Å²) in [6.07, 6.45) is 0. The van der Waals surface area contributed by atoms with E-state index in [1.54, 1.807) is 0 Å². The standard InChI is InChI=1S/Br2.2I2.H2/c3*1-2;/h;;;1H. The van der Waals surface area contributed by atoms with E-state index in [1.807, 2.05) is 0 Å². The molecule has 0 unspecified atom stereocenters. The first-order valence-corrected chi connectivity index (χ1v) is 16.7. The van der Waals surface area contributed by atoms with Crippen LogP contribution in [-0.2, 0) is 0 Å². The summed E-state index contributed by atoms with van der Waals surface area (Å²) in [6, 6.07) is 0. The van der Waals surface area contributed by atoms with Crippen molar-refractivity contribution in [1.82, 2.24) is 0 Å². The smallest absolute Gasteiger partial charge is 0 e. The first-order valence-electron chi connectivity index (χ1n) is 0.429. The second-order valence-corrected chi connectivity index (χ2v) is 0. The summed E-state index contributed by atoms with van der Waals surface area (Å²) in [5.74, 6) is 0. The molecular weight excluding hydrogens is 667 g/mol. The molecule has 0 saturated heterocycles. The third-order valence-electron chi connectivity index (χ3n) is 0. The maximum atomic E-state index is 2.75. The van der Waals surface area contributed by atoms with Gasteiger partial charge in [0.15, 0.2) is 0 Å². The van der Waals surface area contributed by atoms with Crippen molar-refractivity contribution in [3.05, 3.63) is 0 Å². The van der Waals surface area contributed by atoms with Gasteiger partial charge in [-0.15, -0.1) is 0 Å². The lowest BCUT2D eigenvalue weighted by atomic mass is 78.9. The molecule has 0 N–H and O–H groups in total. The van der Waals surface area contributed by atoms with Crippen molar-refractivity contribution in [2.45, 2.75) is 0 Å². The van der Waals surface area contributed by atoms with Crippen molar-refractivity contribution >= 4 is 103 Å². The van der Waals surface area contributed by atoms with E-state index in [0.29, 0.717) is 0 Å². The highest BCUT2D eigenvalue weighted by Crippen LogP contribution is 1.89. The van der Waals surface area contributed by atoms with Crippen molar-refractivity contribution in [3.63, 3.8) is 0 Å². The Labute approximate surface area is 101 Å². The Balaban J connectivity index is -0.00000000900. The maximum Gasteiger partial charge on any atom is 0 e. The van der Waals surface area contributed by atoms with Crippen LogP contribution in [-0.4, -0.2) is 0 Å². The summed E-state index contributed by atoms with van der Waals surface area (Å²) in [5, 5.41) is 0. The predicted octanol–water partition coefficient (Wildman–Crippen LogP) is 5.48. The Hall–Kier alpha value is 3.88. The Morgan fingerprint density at radius 2 is 0.833 bits per heavy atom. The zero-order valence-electron chi connectivity index (χ0n) is 2.27. The molecule has 0 aromatic heterocycles. The summed E-state index contributed by atoms with van der Waals surface area (Å²) in [6.45, 7) is 0. The van der Waals surface area contributed by atoms with E-state index in [1.165, 1.54) is 0 Å². The lowest BCUT2D eigenvalue weighted by molar-refractivity contribution is 7.93. The van der Waals surface area contributed by atoms with Crippen LogP contribution in [0.5, 0.6) is 0 Å². The fourth-order valence-corrected chi connectivity index (χ4v) is 0. The molecule has 0 fully saturated rings. The summed E-state index contributed by atoms with van der Waals surface area (Å²) >= 11 is 14.0. The number of rotatable bonds is 0. The Morgan fingerprint density at radius 3 is 0.833 bits per heavy atom. The SMILES string of the molecule is BrBr.II.II.[HH]. The van der Waals surface area contributed by atoms with Gasteiger partial charge in [0.2, 0.25) is 0 Å². The molecule has 0 saturated carbocycles. The second-order valence-electron chi connectivity index (χ2n) is 0. The van der Waals surface area contributed by atoms with Crippen LogP contribution < -0.4 is 0 Å². The fourth-order valence-electron chi connectivity index (χ4n) is 0. The highest BCUT2D eigenvalue weighted by molar-refractivity contribution is 15.0. The Kier molecular flexibility index (Phi) is 100. The second kappa shape index (κ2) is 36.6. The van der Waals surface area contributed by atoms with Gasteiger partial charge in [-0.1, -0.05) is 0 Å². The van der Waals surface area contributed by atoms with Gasteiger partial charge in [0.1, 0.15) is 0 Å². The lowest BCUT2D eigenvalue weighted by Crippen LogP contribution is -0.154. The van der Waals surface area contributed by atoms with Gasteiger partial charge in [0.05, 0.1) is 0 Å². The minimum absolute atomic E-state index is 0. The van der Waals surface area contributed by atoms with Crippen LogP contribution in [0.1, 0.15) is 1.43 Å². The zero-order chi connectivity index (χ0) is 6.00. The molecule has 0 spiro atoms. The summed E-state index contributed by atoms with van der Waals surface area (Å²) in [7, 11) is 0. The third-order valence-corrected chi connectivity index (χ3v) is 0. The van der Waals surface area contributed by atoms with Crippen LogP contribution in [0.25, 0.3) is 0 Å². The van der Waals surface area contributed by atoms with Crippen LogP contribution in [0.2, 0.25) is 0 Å². The van der Waals surface area contributed by atoms with Gasteiger partial charge in [-0.2, -0.15) is 0 Å². The van der Waals surface area contributed by atoms with E-state index in [-0.39, 0.29) is 1.43 Å². The maximum absolute atomic E-state index is 2.75. The third kappa shape index (κ3) is 24.8. The Morgan fingerprint density at radius 1 is 0.833 bits per heavy atom. The molecule has 0 aliphatic heterocycles. The van der Waals surface area contributed by atoms with Crippen molar-refractivity contribution in [2.24, 2.45) is 0 Å². The van der Waals surface area contributed by atoms with Crippen LogP contribution in [0.15, 0.2) is 0 Å². The van der Waals surface area contributed by atoms with Crippen molar-refractivity contribution in [1.29, 1.82) is 0 Å². The highest BCUT2D eigenvalue weighted by Gasteiger charge is 1.00. The van der Waals surface area contributed by atoms with E-state index < -0.39 is 0 Å². The molecule has 0 aromatic rings. The van der Waals surface area contributed by atoms with Gasteiger partial charge in [-0.25, -0.2) is 0 Å². The first-order chi connectivity index (χ1) is 3.00. The van der Waals surface area contributed by atoms with Crippen LogP contribution >= 0.6 is 103 Å². The van der Waals surface area contributed by atoms with E-state index in [9.17, 15) is 0 Å². The molecule has 44 valence electrons. The van der Waals surface area contributed by atoms with Gasteiger partial charge < -0.3 is 0 Å². The zero-order valence-corrected chi connectivity index (χ0v) is 14.1. The fraction of sp³-hybridized carbons (Fsp3) is 0. The molecule has 0 aliphatic rings. The topological polar surface area (TPSA) is 0 Å². The van der Waals surface area contributed by atoms with Crippen molar-refractivity contribution < 1.29 is 1.43 Å². The molecular formula is H2Br2I4. The summed E-state index contributed by atoms with van der Waals surface area (Å²) in [4.78, 5) is 0. The van der Waals surface area contributed by atoms with E-state index in [2.05, 4.69) is 103 Å². The molecule has 6 heteroatoms. The predicted molar refractivity (Wildman–Crippen MR) is 76.0 cm³/mol. The van der Waals surface area contributed by atoms with Gasteiger partial charge in [-0.05, 0) is 0 Å². The summed E-state index contributed by atoms with van der Waals surface area (Å²) < 4.78 is 0. The van der Waals surface area contributed by atoms with Crippen molar-refractivity contribution in [3.8, 4) is 0 Å². The van der Waals surface area contributed by atoms with E-state index in [0.717, 1.165) is 0 Å². The summed E-state index contributed by atoms with van der Waals surface area (Å²) in [5.41, 5.74) is 0. The monoisotopic (exact) mass is 667 g/mol. The Bertz CT molecular complexity index is 9.65. The minimum atomic E-state index is 0. The number of hydrogen-bond donors (Lipinski definition) is 0. The molecule has 0 heterocycles. The lowest BCUT2D eigenvalue weighted by Gasteiger charge is -1.00. The number of halogens is 6. The first kappa shape index (κ1) is 16.5. The van der Waals surface area contributed by atoms with Gasteiger partial charge in [-0.3, -0.25) is 0 Å². The average molecular weight is 669 g/mol. The molecule has 0 amide bonds. The molecule has 0 aromatic carbocycles. The molecule has 0 nitrogen and oxygen atoms in total. The quantitative estimate of drug-likeness (QED) is 0.300. The average Bonchev–Trinajstić information content (AvgIpc) is 1.81. The van der Waals surface area contributed by atoms with Crippen LogP contribution in [0.3, 0.4) is 0 Å².